The zero-order valence-electron chi connectivity index (χ0n) is 15.5. The summed E-state index contributed by atoms with van der Waals surface area (Å²) in [7, 11) is 0. The van der Waals surface area contributed by atoms with Crippen molar-refractivity contribution in [2.24, 2.45) is 0 Å². The molecule has 2 N–H and O–H groups in total. The molecule has 6 nitrogen and oxygen atoms in total. The number of nitrogens with zero attached hydrogens (tertiary/aromatic N) is 4. The van der Waals surface area contributed by atoms with Gasteiger partial charge in [0.15, 0.2) is 0 Å². The van der Waals surface area contributed by atoms with Crippen molar-refractivity contribution >= 4 is 23.7 Å². The van der Waals surface area contributed by atoms with Gasteiger partial charge in [-0.25, -0.2) is 4.98 Å². The largest absolute Gasteiger partial charge is 0.383 e. The molecule has 0 saturated carbocycles. The van der Waals surface area contributed by atoms with Crippen LogP contribution in [0, 0.1) is 0 Å². The lowest BCUT2D eigenvalue weighted by Crippen LogP contribution is -2.49. The summed E-state index contributed by atoms with van der Waals surface area (Å²) in [5.74, 6) is 1.38. The first kappa shape index (κ1) is 17.5. The molecule has 0 radical (unpaired) electrons. The molecular weight excluding hydrogens is 338 g/mol. The second-order valence-electron chi connectivity index (χ2n) is 7.10. The van der Waals surface area contributed by atoms with Gasteiger partial charge >= 0.3 is 0 Å². The van der Waals surface area contributed by atoms with E-state index in [1.54, 1.807) is 6.08 Å². The quantitative estimate of drug-likeness (QED) is 0.847. The number of aromatic nitrogens is 2. The minimum Gasteiger partial charge on any atom is -0.383 e. The fraction of sp³-hybridized carbons (Fsp3) is 0.381. The van der Waals surface area contributed by atoms with Crippen molar-refractivity contribution in [1.29, 1.82) is 0 Å². The van der Waals surface area contributed by atoms with Gasteiger partial charge in [0.05, 0.1) is 5.69 Å². The van der Waals surface area contributed by atoms with Crippen molar-refractivity contribution in [2.45, 2.75) is 25.7 Å². The van der Waals surface area contributed by atoms with E-state index < -0.39 is 0 Å². The molecule has 1 fully saturated rings. The third-order valence-electron chi connectivity index (χ3n) is 5.30. The van der Waals surface area contributed by atoms with E-state index in [4.69, 9.17) is 10.7 Å². The lowest BCUT2D eigenvalue weighted by atomic mass is 9.96. The molecule has 1 aliphatic heterocycles. The fourth-order valence-electron chi connectivity index (χ4n) is 3.71. The molecular formula is C21H25N5O. The topological polar surface area (TPSA) is 75.3 Å². The SMILES string of the molecule is Nc1nc(N2CCN(C(=O)C=Cc3ccccc3)CC2)nc2c1CCCC2. The standard InChI is InChI=1S/C21H25N5O/c22-20-17-8-4-5-9-18(17)23-21(24-20)26-14-12-25(13-15-26)19(27)11-10-16-6-2-1-3-7-16/h1-3,6-7,10-11H,4-5,8-9,12-15H2,(H2,22,23,24). The van der Waals surface area contributed by atoms with Crippen molar-refractivity contribution in [3.05, 3.63) is 53.2 Å². The van der Waals surface area contributed by atoms with Gasteiger partial charge < -0.3 is 15.5 Å². The Hall–Kier alpha value is -2.89. The maximum Gasteiger partial charge on any atom is 0.246 e. The van der Waals surface area contributed by atoms with Gasteiger partial charge in [0.25, 0.3) is 0 Å². The third-order valence-corrected chi connectivity index (χ3v) is 5.30. The van der Waals surface area contributed by atoms with Crippen molar-refractivity contribution in [2.75, 3.05) is 36.8 Å². The highest BCUT2D eigenvalue weighted by atomic mass is 16.2. The molecule has 2 heterocycles. The van der Waals surface area contributed by atoms with Crippen LogP contribution in [0.15, 0.2) is 36.4 Å². The highest BCUT2D eigenvalue weighted by Crippen LogP contribution is 2.26. The van der Waals surface area contributed by atoms with Crippen molar-refractivity contribution < 1.29 is 4.79 Å². The molecule has 6 heteroatoms. The number of amides is 1. The predicted octanol–water partition coefficient (Wildman–Crippen LogP) is 2.30. The van der Waals surface area contributed by atoms with Gasteiger partial charge in [0.2, 0.25) is 11.9 Å². The number of anilines is 2. The van der Waals surface area contributed by atoms with Crippen molar-refractivity contribution in [3.8, 4) is 0 Å². The average Bonchev–Trinajstić information content (AvgIpc) is 2.73. The smallest absolute Gasteiger partial charge is 0.246 e. The summed E-state index contributed by atoms with van der Waals surface area (Å²) >= 11 is 0. The van der Waals surface area contributed by atoms with Crippen LogP contribution in [-0.4, -0.2) is 47.0 Å². The summed E-state index contributed by atoms with van der Waals surface area (Å²) in [6.07, 6.45) is 7.81. The number of benzene rings is 1. The van der Waals surface area contributed by atoms with Crippen LogP contribution < -0.4 is 10.6 Å². The number of nitrogens with two attached hydrogens (primary N) is 1. The third kappa shape index (κ3) is 3.94. The molecule has 4 rings (SSSR count). The minimum atomic E-state index is 0.0457. The lowest BCUT2D eigenvalue weighted by molar-refractivity contribution is -0.126. The van der Waals surface area contributed by atoms with Gasteiger partial charge in [0, 0.05) is 37.8 Å². The van der Waals surface area contributed by atoms with E-state index in [-0.39, 0.29) is 5.91 Å². The number of fused-ring (bicyclic) bond motifs is 1. The van der Waals surface area contributed by atoms with Gasteiger partial charge in [-0.1, -0.05) is 30.3 Å². The highest BCUT2D eigenvalue weighted by molar-refractivity contribution is 5.91. The van der Waals surface area contributed by atoms with Crippen LogP contribution in [0.5, 0.6) is 0 Å². The summed E-state index contributed by atoms with van der Waals surface area (Å²) in [6, 6.07) is 9.87. The average molecular weight is 363 g/mol. The molecule has 1 aromatic heterocycles. The van der Waals surface area contributed by atoms with Gasteiger partial charge in [0.1, 0.15) is 5.82 Å². The van der Waals surface area contributed by atoms with E-state index in [0.29, 0.717) is 24.9 Å². The van der Waals surface area contributed by atoms with Crippen molar-refractivity contribution in [1.82, 2.24) is 14.9 Å². The summed E-state index contributed by atoms with van der Waals surface area (Å²) in [6.45, 7) is 2.78. The Labute approximate surface area is 159 Å². The minimum absolute atomic E-state index is 0.0457. The number of rotatable bonds is 3. The molecule has 2 aliphatic rings. The Morgan fingerprint density at radius 3 is 2.52 bits per heavy atom. The summed E-state index contributed by atoms with van der Waals surface area (Å²) in [5, 5.41) is 0. The molecule has 0 bridgehead atoms. The van der Waals surface area contributed by atoms with Crippen LogP contribution >= 0.6 is 0 Å². The molecule has 0 spiro atoms. The van der Waals surface area contributed by atoms with E-state index in [1.807, 2.05) is 41.3 Å². The molecule has 0 unspecified atom stereocenters. The molecule has 2 aromatic rings. The van der Waals surface area contributed by atoms with E-state index in [1.165, 1.54) is 6.42 Å². The zero-order valence-corrected chi connectivity index (χ0v) is 15.5. The van der Waals surface area contributed by atoms with Crippen LogP contribution in [0.4, 0.5) is 11.8 Å². The Bertz CT molecular complexity index is 841. The summed E-state index contributed by atoms with van der Waals surface area (Å²) in [4.78, 5) is 25.7. The van der Waals surface area contributed by atoms with Crippen LogP contribution in [0.2, 0.25) is 0 Å². The number of carbonyl (C=O) groups excluding carboxylic acids is 1. The highest BCUT2D eigenvalue weighted by Gasteiger charge is 2.24. The molecule has 1 aliphatic carbocycles. The van der Waals surface area contributed by atoms with Crippen LogP contribution in [0.1, 0.15) is 29.7 Å². The first-order valence-electron chi connectivity index (χ1n) is 9.63. The number of nitrogen functional groups attached to an aromatic ring is 1. The van der Waals surface area contributed by atoms with E-state index in [2.05, 4.69) is 9.88 Å². The Balaban J connectivity index is 1.38. The van der Waals surface area contributed by atoms with E-state index >= 15 is 0 Å². The molecule has 0 atom stereocenters. The monoisotopic (exact) mass is 363 g/mol. The van der Waals surface area contributed by atoms with Crippen molar-refractivity contribution in [3.63, 3.8) is 0 Å². The number of carbonyl (C=O) groups is 1. The first-order chi connectivity index (χ1) is 13.2. The summed E-state index contributed by atoms with van der Waals surface area (Å²) in [5.41, 5.74) is 9.43. The van der Waals surface area contributed by atoms with Gasteiger partial charge in [-0.15, -0.1) is 0 Å². The Morgan fingerprint density at radius 2 is 1.74 bits per heavy atom. The fourth-order valence-corrected chi connectivity index (χ4v) is 3.71. The zero-order chi connectivity index (χ0) is 18.6. The van der Waals surface area contributed by atoms with Crippen LogP contribution in [-0.2, 0) is 17.6 Å². The van der Waals surface area contributed by atoms with E-state index in [9.17, 15) is 4.79 Å². The van der Waals surface area contributed by atoms with Gasteiger partial charge in [-0.05, 0) is 37.3 Å². The van der Waals surface area contributed by atoms with Gasteiger partial charge in [-0.2, -0.15) is 4.98 Å². The number of piperazine rings is 1. The molecule has 1 saturated heterocycles. The predicted molar refractivity (Wildman–Crippen MR) is 107 cm³/mol. The lowest BCUT2D eigenvalue weighted by Gasteiger charge is -2.34. The second-order valence-corrected chi connectivity index (χ2v) is 7.10. The molecule has 1 aromatic carbocycles. The Morgan fingerprint density at radius 1 is 1.00 bits per heavy atom. The maximum absolute atomic E-state index is 12.4. The molecule has 27 heavy (non-hydrogen) atoms. The first-order valence-corrected chi connectivity index (χ1v) is 9.63. The van der Waals surface area contributed by atoms with Crippen LogP contribution in [0.25, 0.3) is 6.08 Å². The molecule has 140 valence electrons. The van der Waals surface area contributed by atoms with Gasteiger partial charge in [-0.3, -0.25) is 4.79 Å². The second kappa shape index (κ2) is 7.78. The number of aryl methyl sites for hydroxylation is 1. The maximum atomic E-state index is 12.4. The van der Waals surface area contributed by atoms with E-state index in [0.717, 1.165) is 49.2 Å². The molecule has 1 amide bonds. The number of hydrogen-bond acceptors (Lipinski definition) is 5. The normalized spacial score (nSPS) is 17.2. The number of hydrogen-bond donors (Lipinski definition) is 1. The summed E-state index contributed by atoms with van der Waals surface area (Å²) < 4.78 is 0. The Kier molecular flexibility index (Phi) is 5.05. The van der Waals surface area contributed by atoms with Crippen LogP contribution in [0.3, 0.4) is 0 Å².